The van der Waals surface area contributed by atoms with Crippen LogP contribution in [0.15, 0.2) is 18.2 Å². The Kier molecular flexibility index (Phi) is 2.91. The van der Waals surface area contributed by atoms with E-state index in [4.69, 9.17) is 15.2 Å². The Labute approximate surface area is 101 Å². The lowest BCUT2D eigenvalue weighted by Gasteiger charge is -2.30. The predicted molar refractivity (Wildman–Crippen MR) is 65.1 cm³/mol. The third-order valence-corrected chi connectivity index (χ3v) is 3.39. The van der Waals surface area contributed by atoms with E-state index in [1.165, 1.54) is 12.0 Å². The molecule has 1 fully saturated rings. The van der Waals surface area contributed by atoms with Gasteiger partial charge >= 0.3 is 0 Å². The van der Waals surface area contributed by atoms with Crippen LogP contribution in [0, 0.1) is 0 Å². The molecule has 1 atom stereocenters. The molecule has 0 aliphatic carbocycles. The number of nitrogens with zero attached hydrogens (tertiary/aromatic N) is 1. The third kappa shape index (κ3) is 2.37. The first-order chi connectivity index (χ1) is 8.31. The minimum Gasteiger partial charge on any atom is -0.454 e. The van der Waals surface area contributed by atoms with Crippen LogP contribution in [0.4, 0.5) is 0 Å². The predicted octanol–water partition coefficient (Wildman–Crippen LogP) is 1.34. The highest BCUT2D eigenvalue weighted by Crippen LogP contribution is 2.32. The van der Waals surface area contributed by atoms with Crippen molar-refractivity contribution in [1.29, 1.82) is 0 Å². The maximum Gasteiger partial charge on any atom is 0.231 e. The van der Waals surface area contributed by atoms with Crippen molar-refractivity contribution < 1.29 is 9.47 Å². The van der Waals surface area contributed by atoms with Crippen molar-refractivity contribution in [3.05, 3.63) is 23.8 Å². The molecule has 1 aromatic rings. The Morgan fingerprint density at radius 3 is 3.06 bits per heavy atom. The molecule has 0 spiro atoms. The van der Waals surface area contributed by atoms with Gasteiger partial charge in [0.1, 0.15) is 0 Å². The first-order valence-electron chi connectivity index (χ1n) is 6.18. The second-order valence-electron chi connectivity index (χ2n) is 4.83. The van der Waals surface area contributed by atoms with E-state index in [0.29, 0.717) is 12.8 Å². The summed E-state index contributed by atoms with van der Waals surface area (Å²) >= 11 is 0. The largest absolute Gasteiger partial charge is 0.454 e. The molecule has 3 rings (SSSR count). The van der Waals surface area contributed by atoms with Gasteiger partial charge in [-0.1, -0.05) is 6.07 Å². The first kappa shape index (κ1) is 10.9. The Balaban J connectivity index is 1.68. The van der Waals surface area contributed by atoms with Gasteiger partial charge in [0.15, 0.2) is 11.5 Å². The topological polar surface area (TPSA) is 47.7 Å². The second-order valence-corrected chi connectivity index (χ2v) is 4.83. The summed E-state index contributed by atoms with van der Waals surface area (Å²) in [5.74, 6) is 1.72. The fourth-order valence-corrected chi connectivity index (χ4v) is 2.53. The maximum absolute atomic E-state index is 5.98. The number of ether oxygens (including phenoxy) is 2. The number of benzene rings is 1. The van der Waals surface area contributed by atoms with E-state index < -0.39 is 0 Å². The maximum atomic E-state index is 5.98. The first-order valence-corrected chi connectivity index (χ1v) is 6.18. The van der Waals surface area contributed by atoms with Crippen molar-refractivity contribution in [1.82, 2.24) is 4.90 Å². The molecule has 0 radical (unpaired) electrons. The molecule has 0 saturated carbocycles. The zero-order chi connectivity index (χ0) is 11.7. The van der Waals surface area contributed by atoms with E-state index in [1.807, 2.05) is 6.07 Å². The molecule has 4 heteroatoms. The number of likely N-dealkylation sites (tertiary alicyclic amines) is 1. The van der Waals surface area contributed by atoms with Gasteiger partial charge in [-0.3, -0.25) is 4.90 Å². The number of nitrogens with two attached hydrogens (primary N) is 1. The Morgan fingerprint density at radius 2 is 2.18 bits per heavy atom. The smallest absolute Gasteiger partial charge is 0.231 e. The van der Waals surface area contributed by atoms with Gasteiger partial charge in [0.05, 0.1) is 0 Å². The molecule has 0 amide bonds. The van der Waals surface area contributed by atoms with Crippen molar-refractivity contribution >= 4 is 0 Å². The number of fused-ring (bicyclic) bond motifs is 1. The number of rotatable bonds is 2. The molecule has 0 bridgehead atoms. The summed E-state index contributed by atoms with van der Waals surface area (Å²) in [6.07, 6.45) is 2.35. The van der Waals surface area contributed by atoms with Gasteiger partial charge in [-0.15, -0.1) is 0 Å². The summed E-state index contributed by atoms with van der Waals surface area (Å²) in [5, 5.41) is 0. The normalized spacial score (nSPS) is 23.9. The van der Waals surface area contributed by atoms with Crippen LogP contribution >= 0.6 is 0 Å². The minimum absolute atomic E-state index is 0.331. The third-order valence-electron chi connectivity index (χ3n) is 3.39. The molecular weight excluding hydrogens is 216 g/mol. The van der Waals surface area contributed by atoms with Gasteiger partial charge in [0, 0.05) is 19.1 Å². The molecule has 0 unspecified atom stereocenters. The molecule has 0 aromatic heterocycles. The second kappa shape index (κ2) is 4.55. The Bertz CT molecular complexity index is 408. The lowest BCUT2D eigenvalue weighted by molar-refractivity contribution is 0.173. The van der Waals surface area contributed by atoms with Gasteiger partial charge in [-0.05, 0) is 37.1 Å². The SMILES string of the molecule is N[C@@H]1CCCN(Cc2ccc3c(c2)OCO3)C1. The lowest BCUT2D eigenvalue weighted by Crippen LogP contribution is -2.42. The van der Waals surface area contributed by atoms with E-state index in [2.05, 4.69) is 17.0 Å². The fourth-order valence-electron chi connectivity index (χ4n) is 2.53. The average Bonchev–Trinajstić information content (AvgIpc) is 2.76. The quantitative estimate of drug-likeness (QED) is 0.839. The van der Waals surface area contributed by atoms with E-state index in [-0.39, 0.29) is 0 Å². The zero-order valence-corrected chi connectivity index (χ0v) is 9.89. The standard InChI is InChI=1S/C13H18N2O2/c14-11-2-1-5-15(8-11)7-10-3-4-12-13(6-10)17-9-16-12/h3-4,6,11H,1-2,5,7-9,14H2/t11-/m1/s1. The molecule has 4 nitrogen and oxygen atoms in total. The summed E-state index contributed by atoms with van der Waals surface area (Å²) in [6, 6.07) is 6.50. The van der Waals surface area contributed by atoms with Crippen molar-refractivity contribution in [2.24, 2.45) is 5.73 Å². The van der Waals surface area contributed by atoms with Crippen molar-refractivity contribution in [2.45, 2.75) is 25.4 Å². The van der Waals surface area contributed by atoms with Crippen LogP contribution in [0.5, 0.6) is 11.5 Å². The van der Waals surface area contributed by atoms with Gasteiger partial charge in [0.2, 0.25) is 6.79 Å². The number of hydrogen-bond acceptors (Lipinski definition) is 4. The Hall–Kier alpha value is -1.26. The average molecular weight is 234 g/mol. The molecule has 2 N–H and O–H groups in total. The van der Waals surface area contributed by atoms with Crippen LogP contribution < -0.4 is 15.2 Å². The summed E-state index contributed by atoms with van der Waals surface area (Å²) in [6.45, 7) is 3.42. The summed E-state index contributed by atoms with van der Waals surface area (Å²) < 4.78 is 10.7. The van der Waals surface area contributed by atoms with Crippen molar-refractivity contribution in [3.8, 4) is 11.5 Å². The van der Waals surface area contributed by atoms with Crippen molar-refractivity contribution in [2.75, 3.05) is 19.9 Å². The summed E-state index contributed by atoms with van der Waals surface area (Å²) in [5.41, 5.74) is 7.25. The number of piperidine rings is 1. The molecule has 2 heterocycles. The van der Waals surface area contributed by atoms with E-state index in [9.17, 15) is 0 Å². The molecule has 1 aromatic carbocycles. The molecule has 2 aliphatic rings. The minimum atomic E-state index is 0.331. The molecule has 1 saturated heterocycles. The lowest BCUT2D eigenvalue weighted by atomic mass is 10.1. The zero-order valence-electron chi connectivity index (χ0n) is 9.89. The molecule has 92 valence electrons. The van der Waals surface area contributed by atoms with Crippen molar-refractivity contribution in [3.63, 3.8) is 0 Å². The van der Waals surface area contributed by atoms with Crippen LogP contribution in [0.2, 0.25) is 0 Å². The molecule has 2 aliphatic heterocycles. The van der Waals surface area contributed by atoms with Gasteiger partial charge in [-0.2, -0.15) is 0 Å². The van der Waals surface area contributed by atoms with E-state index in [1.54, 1.807) is 0 Å². The highest BCUT2D eigenvalue weighted by atomic mass is 16.7. The number of hydrogen-bond donors (Lipinski definition) is 1. The van der Waals surface area contributed by atoms with E-state index in [0.717, 1.165) is 37.6 Å². The molecule has 17 heavy (non-hydrogen) atoms. The van der Waals surface area contributed by atoms with Crippen LogP contribution in [-0.4, -0.2) is 30.8 Å². The van der Waals surface area contributed by atoms with Gasteiger partial charge in [-0.25, -0.2) is 0 Å². The van der Waals surface area contributed by atoms with E-state index >= 15 is 0 Å². The van der Waals surface area contributed by atoms with Crippen LogP contribution in [0.25, 0.3) is 0 Å². The van der Waals surface area contributed by atoms with Gasteiger partial charge in [0.25, 0.3) is 0 Å². The Morgan fingerprint density at radius 1 is 1.29 bits per heavy atom. The molecular formula is C13H18N2O2. The van der Waals surface area contributed by atoms with Gasteiger partial charge < -0.3 is 15.2 Å². The highest BCUT2D eigenvalue weighted by Gasteiger charge is 2.18. The summed E-state index contributed by atoms with van der Waals surface area (Å²) in [4.78, 5) is 2.41. The monoisotopic (exact) mass is 234 g/mol. The fraction of sp³-hybridized carbons (Fsp3) is 0.538. The summed E-state index contributed by atoms with van der Waals surface area (Å²) in [7, 11) is 0. The van der Waals surface area contributed by atoms with Crippen LogP contribution in [0.3, 0.4) is 0 Å². The van der Waals surface area contributed by atoms with Crippen LogP contribution in [0.1, 0.15) is 18.4 Å². The highest BCUT2D eigenvalue weighted by molar-refractivity contribution is 5.44. The van der Waals surface area contributed by atoms with Crippen LogP contribution in [-0.2, 0) is 6.54 Å².